The Hall–Kier alpha value is -3.35. The van der Waals surface area contributed by atoms with E-state index >= 15 is 0 Å². The smallest absolute Gasteiger partial charge is 0.239 e. The van der Waals surface area contributed by atoms with Crippen molar-refractivity contribution in [2.24, 2.45) is 0 Å². The molecule has 12 heteroatoms. The summed E-state index contributed by atoms with van der Waals surface area (Å²) in [4.78, 5) is 17.4. The van der Waals surface area contributed by atoms with Crippen LogP contribution in [0.4, 0.5) is 5.69 Å². The number of anilines is 1. The summed E-state index contributed by atoms with van der Waals surface area (Å²) >= 11 is 0. The maximum absolute atomic E-state index is 13.5. The van der Waals surface area contributed by atoms with Crippen LogP contribution in [0.3, 0.4) is 0 Å². The monoisotopic (exact) mass is 511 g/mol. The Kier molecular flexibility index (Phi) is 6.49. The van der Waals surface area contributed by atoms with Crippen LogP contribution in [0.15, 0.2) is 42.5 Å². The Balaban J connectivity index is 1.39. The van der Waals surface area contributed by atoms with Gasteiger partial charge in [0.05, 0.1) is 30.0 Å². The van der Waals surface area contributed by atoms with E-state index in [4.69, 9.17) is 0 Å². The lowest BCUT2D eigenvalue weighted by Crippen LogP contribution is -2.39. The normalized spacial score (nSPS) is 19.9. The van der Waals surface area contributed by atoms with E-state index in [0.29, 0.717) is 31.0 Å². The number of aliphatic hydroxyl groups excluding tert-OH is 1. The van der Waals surface area contributed by atoms with Crippen molar-refractivity contribution in [3.05, 3.63) is 59.2 Å². The minimum absolute atomic E-state index is 0.0201. The van der Waals surface area contributed by atoms with Crippen LogP contribution in [0.2, 0.25) is 0 Å². The van der Waals surface area contributed by atoms with E-state index < -0.39 is 10.0 Å². The van der Waals surface area contributed by atoms with Gasteiger partial charge in [-0.15, -0.1) is 5.10 Å². The van der Waals surface area contributed by atoms with Gasteiger partial charge in [-0.05, 0) is 45.7 Å². The first-order valence-corrected chi connectivity index (χ1v) is 13.4. The number of tetrazole rings is 1. The van der Waals surface area contributed by atoms with Gasteiger partial charge in [0.25, 0.3) is 0 Å². The summed E-state index contributed by atoms with van der Waals surface area (Å²) in [6.07, 6.45) is 0.486. The van der Waals surface area contributed by atoms with Crippen molar-refractivity contribution in [1.82, 2.24) is 30.4 Å². The zero-order valence-electron chi connectivity index (χ0n) is 20.2. The molecule has 2 aromatic carbocycles. The number of sulfonamides is 1. The molecule has 1 saturated heterocycles. The molecule has 3 aromatic rings. The fourth-order valence-corrected chi connectivity index (χ4v) is 6.20. The van der Waals surface area contributed by atoms with Gasteiger partial charge in [-0.25, -0.2) is 13.5 Å². The van der Waals surface area contributed by atoms with Gasteiger partial charge in [-0.3, -0.25) is 14.0 Å². The number of carbonyl (C=O) groups excluding carboxylic acids is 1. The lowest BCUT2D eigenvalue weighted by atomic mass is 10.0. The van der Waals surface area contributed by atoms with E-state index in [2.05, 4.69) is 25.5 Å². The van der Waals surface area contributed by atoms with E-state index in [0.717, 1.165) is 28.8 Å². The van der Waals surface area contributed by atoms with Crippen molar-refractivity contribution < 1.29 is 18.3 Å². The van der Waals surface area contributed by atoms with Crippen molar-refractivity contribution in [1.29, 1.82) is 0 Å². The predicted molar refractivity (Wildman–Crippen MR) is 133 cm³/mol. The molecule has 0 aliphatic carbocycles. The van der Waals surface area contributed by atoms with E-state index in [1.807, 2.05) is 30.3 Å². The molecule has 1 fully saturated rings. The van der Waals surface area contributed by atoms with Crippen LogP contribution >= 0.6 is 0 Å². The van der Waals surface area contributed by atoms with Crippen molar-refractivity contribution >= 4 is 21.6 Å². The number of fused-ring (bicyclic) bond motifs is 1. The van der Waals surface area contributed by atoms with Crippen LogP contribution in [0.25, 0.3) is 11.4 Å². The second-order valence-corrected chi connectivity index (χ2v) is 11.5. The fourth-order valence-electron chi connectivity index (χ4n) is 4.90. The third kappa shape index (κ3) is 4.84. The van der Waals surface area contributed by atoms with Crippen LogP contribution < -0.4 is 4.31 Å². The Labute approximate surface area is 209 Å². The number of β-amino-alcohol motifs (C(OH)–C–C–N with tert-alkyl or cyclic N) is 1. The number of rotatable bonds is 7. The molecule has 190 valence electrons. The molecule has 0 spiro atoms. The highest BCUT2D eigenvalue weighted by molar-refractivity contribution is 7.92. The summed E-state index contributed by atoms with van der Waals surface area (Å²) in [5.41, 5.74) is 3.87. The Morgan fingerprint density at radius 1 is 1.28 bits per heavy atom. The average molecular weight is 512 g/mol. The Morgan fingerprint density at radius 2 is 2.11 bits per heavy atom. The van der Waals surface area contributed by atoms with Gasteiger partial charge in [-0.1, -0.05) is 30.3 Å². The number of aliphatic hydroxyl groups is 1. The van der Waals surface area contributed by atoms with Gasteiger partial charge in [-0.2, -0.15) is 0 Å². The number of likely N-dealkylation sites (tertiary alicyclic amines) is 1. The first-order valence-electron chi connectivity index (χ1n) is 11.8. The summed E-state index contributed by atoms with van der Waals surface area (Å²) in [5.74, 6) is 0.432. The van der Waals surface area contributed by atoms with E-state index in [1.165, 1.54) is 11.4 Å². The van der Waals surface area contributed by atoms with Gasteiger partial charge >= 0.3 is 0 Å². The number of likely N-dealkylation sites (N-methyl/N-ethyl adjacent to an activating group) is 1. The van der Waals surface area contributed by atoms with Crippen LogP contribution in [0.5, 0.6) is 0 Å². The van der Waals surface area contributed by atoms with Crippen molar-refractivity contribution in [3.8, 4) is 11.4 Å². The first-order chi connectivity index (χ1) is 17.2. The second-order valence-electron chi connectivity index (χ2n) is 9.46. The van der Waals surface area contributed by atoms with Crippen molar-refractivity contribution in [3.63, 3.8) is 0 Å². The molecule has 0 bridgehead atoms. The summed E-state index contributed by atoms with van der Waals surface area (Å²) in [5, 5.41) is 24.1. The standard InChI is InChI=1S/C24H29N7O4S/c1-29(23(33)11-16-6-7-19-15-36(34,35)30(2)21(19)10-16)22(14-31-9-8-20(32)13-31)17-4-3-5-18(12-17)24-25-27-28-26-24/h3-7,10,12,20,22,32H,8-9,11,13-15H2,1-2H3,(H,25,26,27,28)/t20-,22+/m0/s1. The van der Waals surface area contributed by atoms with Crippen LogP contribution in [0, 0.1) is 0 Å². The van der Waals surface area contributed by atoms with Crippen LogP contribution in [0.1, 0.15) is 29.2 Å². The largest absolute Gasteiger partial charge is 0.392 e. The molecule has 1 aromatic heterocycles. The zero-order chi connectivity index (χ0) is 25.4. The first kappa shape index (κ1) is 24.3. The number of carbonyl (C=O) groups is 1. The summed E-state index contributed by atoms with van der Waals surface area (Å²) in [6.45, 7) is 1.90. The molecule has 0 unspecified atom stereocenters. The van der Waals surface area contributed by atoms with Gasteiger partial charge in [0.1, 0.15) is 0 Å². The van der Waals surface area contributed by atoms with Gasteiger partial charge < -0.3 is 10.0 Å². The molecule has 3 heterocycles. The summed E-state index contributed by atoms with van der Waals surface area (Å²) < 4.78 is 25.7. The van der Waals surface area contributed by atoms with Crippen molar-refractivity contribution in [2.45, 2.75) is 30.7 Å². The number of hydrogen-bond acceptors (Lipinski definition) is 8. The molecule has 11 nitrogen and oxygen atoms in total. The third-order valence-corrected chi connectivity index (χ3v) is 8.74. The molecule has 2 aliphatic heterocycles. The highest BCUT2D eigenvalue weighted by Crippen LogP contribution is 2.33. The predicted octanol–water partition coefficient (Wildman–Crippen LogP) is 0.955. The Bertz CT molecular complexity index is 1360. The maximum Gasteiger partial charge on any atom is 0.239 e. The lowest BCUT2D eigenvalue weighted by molar-refractivity contribution is -0.131. The minimum atomic E-state index is -3.34. The van der Waals surface area contributed by atoms with E-state index in [-0.39, 0.29) is 30.2 Å². The molecule has 1 amide bonds. The number of aromatic nitrogens is 4. The van der Waals surface area contributed by atoms with Gasteiger partial charge in [0, 0.05) is 39.3 Å². The summed E-state index contributed by atoms with van der Waals surface area (Å²) in [7, 11) is -0.0184. The number of hydrogen-bond donors (Lipinski definition) is 2. The van der Waals surface area contributed by atoms with E-state index in [9.17, 15) is 18.3 Å². The van der Waals surface area contributed by atoms with Crippen LogP contribution in [-0.4, -0.2) is 89.7 Å². The number of benzene rings is 2. The molecule has 2 aliphatic rings. The van der Waals surface area contributed by atoms with E-state index in [1.54, 1.807) is 24.1 Å². The second kappa shape index (κ2) is 9.60. The van der Waals surface area contributed by atoms with Crippen LogP contribution in [-0.2, 0) is 27.0 Å². The lowest BCUT2D eigenvalue weighted by Gasteiger charge is -2.32. The molecule has 2 atom stereocenters. The number of aromatic amines is 1. The third-order valence-electron chi connectivity index (χ3n) is 7.03. The number of nitrogens with zero attached hydrogens (tertiary/aromatic N) is 6. The SMILES string of the molecule is CN(C(=O)Cc1ccc2c(c1)N(C)S(=O)(=O)C2)[C@H](CN1CC[C@H](O)C1)c1cccc(-c2nnn[nH]2)c1. The number of nitrogens with one attached hydrogen (secondary N) is 1. The maximum atomic E-state index is 13.5. The zero-order valence-corrected chi connectivity index (χ0v) is 21.0. The Morgan fingerprint density at radius 3 is 2.83 bits per heavy atom. The summed E-state index contributed by atoms with van der Waals surface area (Å²) in [6, 6.07) is 12.9. The van der Waals surface area contributed by atoms with Gasteiger partial charge in [0.15, 0.2) is 5.82 Å². The molecular formula is C24H29N7O4S. The fraction of sp³-hybridized carbons (Fsp3) is 0.417. The molecular weight excluding hydrogens is 482 g/mol. The topological polar surface area (TPSA) is 136 Å². The average Bonchev–Trinajstić information content (AvgIpc) is 3.58. The molecule has 0 saturated carbocycles. The highest BCUT2D eigenvalue weighted by Gasteiger charge is 2.31. The number of amides is 1. The molecule has 5 rings (SSSR count). The molecule has 2 N–H and O–H groups in total. The van der Waals surface area contributed by atoms with Crippen molar-refractivity contribution in [2.75, 3.05) is 38.0 Å². The molecule has 36 heavy (non-hydrogen) atoms. The minimum Gasteiger partial charge on any atom is -0.392 e. The number of H-pyrrole nitrogens is 1. The quantitative estimate of drug-likeness (QED) is 0.479. The molecule has 0 radical (unpaired) electrons. The van der Waals surface area contributed by atoms with Gasteiger partial charge in [0.2, 0.25) is 15.9 Å². The highest BCUT2D eigenvalue weighted by atomic mass is 32.2.